The van der Waals surface area contributed by atoms with Gasteiger partial charge < -0.3 is 20.1 Å². The normalized spacial score (nSPS) is 11.9. The van der Waals surface area contributed by atoms with Crippen LogP contribution in [0.3, 0.4) is 0 Å². The summed E-state index contributed by atoms with van der Waals surface area (Å²) in [6, 6.07) is 16.6. The summed E-state index contributed by atoms with van der Waals surface area (Å²) in [5, 5.41) is 7.45. The minimum Gasteiger partial charge on any atom is -0.493 e. The Morgan fingerprint density at radius 1 is 0.857 bits per heavy atom. The van der Waals surface area contributed by atoms with Crippen molar-refractivity contribution >= 4 is 23.2 Å². The molecule has 0 aliphatic carbocycles. The molecular weight excluding hydrogens is 463 g/mol. The van der Waals surface area contributed by atoms with Crippen molar-refractivity contribution in [3.63, 3.8) is 0 Å². The number of para-hydroxylation sites is 2. The number of halogens is 3. The molecule has 0 aromatic heterocycles. The van der Waals surface area contributed by atoms with Crippen LogP contribution < -0.4 is 25.4 Å². The summed E-state index contributed by atoms with van der Waals surface area (Å²) >= 11 is 0. The third-order valence-electron chi connectivity index (χ3n) is 5.01. The van der Waals surface area contributed by atoms with Crippen LogP contribution in [-0.2, 0) is 4.79 Å². The van der Waals surface area contributed by atoms with Crippen LogP contribution >= 0.6 is 0 Å². The molecule has 3 aromatic carbocycles. The van der Waals surface area contributed by atoms with E-state index in [1.807, 2.05) is 0 Å². The number of alkyl halides is 3. The molecule has 0 saturated heterocycles. The van der Waals surface area contributed by atoms with Crippen molar-refractivity contribution in [1.82, 2.24) is 5.32 Å². The lowest BCUT2D eigenvalue weighted by Crippen LogP contribution is -2.39. The Kier molecular flexibility index (Phi) is 8.32. The quantitative estimate of drug-likeness (QED) is 0.404. The van der Waals surface area contributed by atoms with Crippen molar-refractivity contribution in [2.75, 3.05) is 31.4 Å². The molecule has 7 nitrogen and oxygen atoms in total. The molecule has 184 valence electrons. The molecule has 0 saturated carbocycles. The molecule has 3 N–H and O–H groups in total. The molecule has 0 heterocycles. The second-order valence-electron chi connectivity index (χ2n) is 7.38. The molecule has 2 amide bonds. The fraction of sp³-hybridized carbons (Fsp3) is 0.200. The first-order chi connectivity index (χ1) is 16.7. The highest BCUT2D eigenvalue weighted by molar-refractivity contribution is 6.10. The number of amides is 2. The van der Waals surface area contributed by atoms with E-state index in [1.54, 1.807) is 42.5 Å². The first-order valence-electron chi connectivity index (χ1n) is 10.5. The average molecular weight is 487 g/mol. The summed E-state index contributed by atoms with van der Waals surface area (Å²) in [7, 11) is 2.69. The standard InChI is InChI=1S/C25H24F3N3O4/c1-34-20-13-12-16(14-21(20)35-2)23(25(26,27)28)29-15-22(32)31-19-11-7-6-10-18(19)24(33)30-17-8-4-3-5-9-17/h3-14,23,29H,15H2,1-2H3,(H,30,33)(H,31,32)/t23-/m1/s1. The van der Waals surface area contributed by atoms with Gasteiger partial charge in [-0.1, -0.05) is 36.4 Å². The Bertz CT molecular complexity index is 1170. The van der Waals surface area contributed by atoms with Crippen LogP contribution in [0, 0.1) is 0 Å². The Hall–Kier alpha value is -4.05. The summed E-state index contributed by atoms with van der Waals surface area (Å²) < 4.78 is 51.4. The van der Waals surface area contributed by atoms with Crippen molar-refractivity contribution in [3.05, 3.63) is 83.9 Å². The number of methoxy groups -OCH3 is 2. The lowest BCUT2D eigenvalue weighted by molar-refractivity contribution is -0.158. The molecule has 0 aliphatic heterocycles. The fourth-order valence-corrected chi connectivity index (χ4v) is 3.35. The molecule has 0 unspecified atom stereocenters. The largest absolute Gasteiger partial charge is 0.493 e. The van der Waals surface area contributed by atoms with Gasteiger partial charge in [0.25, 0.3) is 5.91 Å². The number of ether oxygens (including phenoxy) is 2. The predicted octanol–water partition coefficient (Wildman–Crippen LogP) is 4.79. The maximum absolute atomic E-state index is 13.8. The van der Waals surface area contributed by atoms with Gasteiger partial charge in [-0.3, -0.25) is 14.9 Å². The first kappa shape index (κ1) is 25.6. The minimum absolute atomic E-state index is 0.129. The third kappa shape index (κ3) is 6.73. The van der Waals surface area contributed by atoms with Crippen molar-refractivity contribution in [1.29, 1.82) is 0 Å². The zero-order chi connectivity index (χ0) is 25.4. The number of hydrogen-bond donors (Lipinski definition) is 3. The fourth-order valence-electron chi connectivity index (χ4n) is 3.35. The Balaban J connectivity index is 1.71. The molecule has 3 aromatic rings. The van der Waals surface area contributed by atoms with Crippen LogP contribution in [0.5, 0.6) is 11.5 Å². The zero-order valence-electron chi connectivity index (χ0n) is 19.0. The summed E-state index contributed by atoms with van der Waals surface area (Å²) in [5.74, 6) is -0.817. The van der Waals surface area contributed by atoms with Crippen molar-refractivity contribution < 1.29 is 32.2 Å². The maximum Gasteiger partial charge on any atom is 0.407 e. The third-order valence-corrected chi connectivity index (χ3v) is 5.01. The number of hydrogen-bond acceptors (Lipinski definition) is 5. The highest BCUT2D eigenvalue weighted by atomic mass is 19.4. The topological polar surface area (TPSA) is 88.7 Å². The van der Waals surface area contributed by atoms with Crippen molar-refractivity contribution in [2.24, 2.45) is 0 Å². The molecule has 35 heavy (non-hydrogen) atoms. The van der Waals surface area contributed by atoms with E-state index in [1.165, 1.54) is 44.6 Å². The second kappa shape index (κ2) is 11.4. The van der Waals surface area contributed by atoms with Crippen LogP contribution in [0.15, 0.2) is 72.8 Å². The molecule has 0 fully saturated rings. The molecule has 1 atom stereocenters. The number of rotatable bonds is 9. The lowest BCUT2D eigenvalue weighted by atomic mass is 10.1. The predicted molar refractivity (Wildman–Crippen MR) is 126 cm³/mol. The Morgan fingerprint density at radius 3 is 2.17 bits per heavy atom. The van der Waals surface area contributed by atoms with E-state index >= 15 is 0 Å². The molecule has 0 aliphatic rings. The van der Waals surface area contributed by atoms with Gasteiger partial charge in [-0.25, -0.2) is 0 Å². The van der Waals surface area contributed by atoms with E-state index < -0.39 is 30.6 Å². The molecular formula is C25H24F3N3O4. The second-order valence-corrected chi connectivity index (χ2v) is 7.38. The van der Waals surface area contributed by atoms with Gasteiger partial charge in [-0.05, 0) is 42.0 Å². The van der Waals surface area contributed by atoms with E-state index in [0.717, 1.165) is 0 Å². The smallest absolute Gasteiger partial charge is 0.407 e. The SMILES string of the molecule is COc1ccc([C@@H](NCC(=O)Nc2ccccc2C(=O)Nc2ccccc2)C(F)(F)F)cc1OC. The van der Waals surface area contributed by atoms with Crippen molar-refractivity contribution in [2.45, 2.75) is 12.2 Å². The van der Waals surface area contributed by atoms with Crippen LogP contribution in [0.4, 0.5) is 24.5 Å². The Morgan fingerprint density at radius 2 is 1.51 bits per heavy atom. The maximum atomic E-state index is 13.8. The Labute approximate surface area is 200 Å². The van der Waals surface area contributed by atoms with E-state index in [0.29, 0.717) is 5.69 Å². The zero-order valence-corrected chi connectivity index (χ0v) is 19.0. The van der Waals surface area contributed by atoms with E-state index in [9.17, 15) is 22.8 Å². The van der Waals surface area contributed by atoms with Crippen LogP contribution in [0.2, 0.25) is 0 Å². The van der Waals surface area contributed by atoms with Gasteiger partial charge in [0.15, 0.2) is 11.5 Å². The van der Waals surface area contributed by atoms with Crippen LogP contribution in [-0.4, -0.2) is 38.8 Å². The summed E-state index contributed by atoms with van der Waals surface area (Å²) in [5.41, 5.74) is 0.744. The van der Waals surface area contributed by atoms with Crippen LogP contribution in [0.1, 0.15) is 22.0 Å². The van der Waals surface area contributed by atoms with Gasteiger partial charge >= 0.3 is 6.18 Å². The molecule has 0 spiro atoms. The van der Waals surface area contributed by atoms with E-state index in [2.05, 4.69) is 16.0 Å². The molecule has 3 rings (SSSR count). The van der Waals surface area contributed by atoms with Crippen molar-refractivity contribution in [3.8, 4) is 11.5 Å². The van der Waals surface area contributed by atoms with Crippen LogP contribution in [0.25, 0.3) is 0 Å². The van der Waals surface area contributed by atoms with Gasteiger partial charge in [0, 0.05) is 5.69 Å². The molecule has 10 heteroatoms. The number of carbonyl (C=O) groups is 2. The highest BCUT2D eigenvalue weighted by Crippen LogP contribution is 2.37. The monoisotopic (exact) mass is 487 g/mol. The van der Waals surface area contributed by atoms with E-state index in [-0.39, 0.29) is 28.3 Å². The first-order valence-corrected chi connectivity index (χ1v) is 10.5. The van der Waals surface area contributed by atoms with Gasteiger partial charge in [-0.2, -0.15) is 13.2 Å². The number of benzene rings is 3. The summed E-state index contributed by atoms with van der Waals surface area (Å²) in [4.78, 5) is 25.2. The van der Waals surface area contributed by atoms with E-state index in [4.69, 9.17) is 9.47 Å². The van der Waals surface area contributed by atoms with Gasteiger partial charge in [0.1, 0.15) is 6.04 Å². The summed E-state index contributed by atoms with van der Waals surface area (Å²) in [6.45, 7) is -0.660. The van der Waals surface area contributed by atoms with Gasteiger partial charge in [0.05, 0.1) is 32.0 Å². The highest BCUT2D eigenvalue weighted by Gasteiger charge is 2.41. The van der Waals surface area contributed by atoms with Gasteiger partial charge in [0.2, 0.25) is 5.91 Å². The molecule has 0 radical (unpaired) electrons. The number of carbonyl (C=O) groups excluding carboxylic acids is 2. The molecule has 0 bridgehead atoms. The lowest BCUT2D eigenvalue weighted by Gasteiger charge is -2.23. The number of nitrogens with one attached hydrogen (secondary N) is 3. The van der Waals surface area contributed by atoms with Gasteiger partial charge in [-0.15, -0.1) is 0 Å². The summed E-state index contributed by atoms with van der Waals surface area (Å²) in [6.07, 6.45) is -4.69. The number of anilines is 2. The average Bonchev–Trinajstić information content (AvgIpc) is 2.84. The minimum atomic E-state index is -4.69.